The average Bonchev–Trinajstić information content (AvgIpc) is 1.78. The highest BCUT2D eigenvalue weighted by atomic mass is 35.5. The molecule has 1 fully saturated rings. The Morgan fingerprint density at radius 2 is 2.09 bits per heavy atom. The molecule has 0 bridgehead atoms. The summed E-state index contributed by atoms with van der Waals surface area (Å²) in [6.07, 6.45) is 0.392. The van der Waals surface area contributed by atoms with Gasteiger partial charge in [-0.25, -0.2) is 8.78 Å². The molecule has 0 aromatic rings. The fraction of sp³-hybridized carbons (Fsp3) is 1.00. The summed E-state index contributed by atoms with van der Waals surface area (Å²) in [4.78, 5) is 1.60. The van der Waals surface area contributed by atoms with Crippen LogP contribution in [-0.2, 0) is 0 Å². The lowest BCUT2D eigenvalue weighted by molar-refractivity contribution is -0.0733. The molecule has 0 spiro atoms. The van der Waals surface area contributed by atoms with E-state index < -0.39 is 12.0 Å². The maximum atomic E-state index is 12.7. The molecule has 0 saturated carbocycles. The van der Waals surface area contributed by atoms with Crippen LogP contribution in [-0.4, -0.2) is 37.0 Å². The van der Waals surface area contributed by atoms with Crippen LogP contribution in [0.1, 0.15) is 6.42 Å². The van der Waals surface area contributed by atoms with Crippen LogP contribution < -0.4 is 5.73 Å². The van der Waals surface area contributed by atoms with Gasteiger partial charge in [0.2, 0.25) is 0 Å². The lowest BCUT2D eigenvalue weighted by Crippen LogP contribution is -2.54. The number of rotatable bonds is 0. The number of nitrogens with zero attached hydrogens (tertiary/aromatic N) is 1. The Morgan fingerprint density at radius 1 is 1.55 bits per heavy atom. The van der Waals surface area contributed by atoms with E-state index in [0.29, 0.717) is 13.0 Å². The molecule has 1 aliphatic heterocycles. The van der Waals surface area contributed by atoms with Crippen LogP contribution in [0, 0.1) is 0 Å². The highest BCUT2D eigenvalue weighted by Gasteiger charge is 2.40. The van der Waals surface area contributed by atoms with E-state index >= 15 is 0 Å². The highest BCUT2D eigenvalue weighted by Crippen LogP contribution is 2.24. The summed E-state index contributed by atoms with van der Waals surface area (Å²) in [6.45, 7) is 0.477. The maximum Gasteiger partial charge on any atom is 0.275 e. The van der Waals surface area contributed by atoms with Gasteiger partial charge in [0.25, 0.3) is 5.92 Å². The quantitative estimate of drug-likeness (QED) is 0.604. The van der Waals surface area contributed by atoms with Crippen molar-refractivity contribution >= 4 is 12.4 Å². The van der Waals surface area contributed by atoms with E-state index in [0.717, 1.165) is 0 Å². The maximum absolute atomic E-state index is 12.7. The highest BCUT2D eigenvalue weighted by molar-refractivity contribution is 5.85. The van der Waals surface area contributed by atoms with Gasteiger partial charge in [-0.3, -0.25) is 0 Å². The van der Waals surface area contributed by atoms with Gasteiger partial charge in [0, 0.05) is 0 Å². The molecule has 1 heterocycles. The van der Waals surface area contributed by atoms with Gasteiger partial charge in [-0.2, -0.15) is 0 Å². The first-order valence-electron chi connectivity index (χ1n) is 3.34. The van der Waals surface area contributed by atoms with Crippen molar-refractivity contribution in [2.24, 2.45) is 5.73 Å². The van der Waals surface area contributed by atoms with E-state index in [9.17, 15) is 8.78 Å². The number of piperidine rings is 1. The molecule has 0 aromatic heterocycles. The van der Waals surface area contributed by atoms with Crippen LogP contribution >= 0.6 is 12.4 Å². The molecule has 68 valence electrons. The van der Waals surface area contributed by atoms with Crippen molar-refractivity contribution in [3.63, 3.8) is 0 Å². The van der Waals surface area contributed by atoms with Crippen molar-refractivity contribution < 1.29 is 8.78 Å². The molecule has 2 nitrogen and oxygen atoms in total. The average molecular weight is 187 g/mol. The Bertz CT molecular complexity index is 132. The van der Waals surface area contributed by atoms with Gasteiger partial charge in [-0.05, 0) is 20.0 Å². The molecule has 11 heavy (non-hydrogen) atoms. The number of hydrogen-bond donors (Lipinski definition) is 1. The minimum atomic E-state index is -2.69. The molecule has 1 atom stereocenters. The Hall–Kier alpha value is 0.0700. The van der Waals surface area contributed by atoms with Crippen molar-refractivity contribution in [1.29, 1.82) is 0 Å². The standard InChI is InChI=1S/C6H12F2N2.ClH/c1-10-3-2-5(9)6(7,8)4-10;/h5H,2-4,9H2,1H3;1H. The van der Waals surface area contributed by atoms with Crippen molar-refractivity contribution in [2.45, 2.75) is 18.4 Å². The molecule has 0 aromatic carbocycles. The Morgan fingerprint density at radius 3 is 2.45 bits per heavy atom. The van der Waals surface area contributed by atoms with Gasteiger partial charge in [-0.1, -0.05) is 0 Å². The van der Waals surface area contributed by atoms with Gasteiger partial charge < -0.3 is 10.6 Å². The van der Waals surface area contributed by atoms with Crippen LogP contribution in [0.25, 0.3) is 0 Å². The smallest absolute Gasteiger partial charge is 0.275 e. The fourth-order valence-electron chi connectivity index (χ4n) is 1.13. The topological polar surface area (TPSA) is 29.3 Å². The zero-order chi connectivity index (χ0) is 7.78. The molecule has 5 heteroatoms. The fourth-order valence-corrected chi connectivity index (χ4v) is 1.13. The summed E-state index contributed by atoms with van der Waals surface area (Å²) in [7, 11) is 1.68. The van der Waals surface area contributed by atoms with Crippen molar-refractivity contribution in [3.05, 3.63) is 0 Å². The van der Waals surface area contributed by atoms with Crippen LogP contribution in [0.4, 0.5) is 8.78 Å². The molecular formula is C6H13ClF2N2. The van der Waals surface area contributed by atoms with Gasteiger partial charge in [0.15, 0.2) is 0 Å². The Balaban J connectivity index is 0.000001000. The molecule has 0 aliphatic carbocycles. The van der Waals surface area contributed by atoms with E-state index in [2.05, 4.69) is 0 Å². The summed E-state index contributed by atoms with van der Waals surface area (Å²) in [5.41, 5.74) is 5.20. The van der Waals surface area contributed by atoms with Gasteiger partial charge in [0.05, 0.1) is 12.6 Å². The van der Waals surface area contributed by atoms with Gasteiger partial charge >= 0.3 is 0 Å². The van der Waals surface area contributed by atoms with Crippen molar-refractivity contribution in [2.75, 3.05) is 20.1 Å². The van der Waals surface area contributed by atoms with Crippen LogP contribution in [0.2, 0.25) is 0 Å². The van der Waals surface area contributed by atoms with E-state index in [1.54, 1.807) is 11.9 Å². The monoisotopic (exact) mass is 186 g/mol. The van der Waals surface area contributed by atoms with Crippen LogP contribution in [0.15, 0.2) is 0 Å². The second-order valence-electron chi connectivity index (χ2n) is 2.89. The molecule has 0 radical (unpaired) electrons. The van der Waals surface area contributed by atoms with E-state index in [1.807, 2.05) is 0 Å². The normalized spacial score (nSPS) is 31.1. The first kappa shape index (κ1) is 11.1. The van der Waals surface area contributed by atoms with E-state index in [-0.39, 0.29) is 19.0 Å². The summed E-state index contributed by atoms with van der Waals surface area (Å²) >= 11 is 0. The van der Waals surface area contributed by atoms with Crippen LogP contribution in [0.3, 0.4) is 0 Å². The predicted octanol–water partition coefficient (Wildman–Crippen LogP) is 0.706. The number of nitrogens with two attached hydrogens (primary N) is 1. The number of likely N-dealkylation sites (tertiary alicyclic amines) is 1. The zero-order valence-electron chi connectivity index (χ0n) is 6.39. The summed E-state index contributed by atoms with van der Waals surface area (Å²) in [5.74, 6) is -2.69. The molecule has 1 saturated heterocycles. The van der Waals surface area contributed by atoms with Gasteiger partial charge in [-0.15, -0.1) is 12.4 Å². The first-order chi connectivity index (χ1) is 4.52. The number of alkyl halides is 2. The van der Waals surface area contributed by atoms with Crippen molar-refractivity contribution in [3.8, 4) is 0 Å². The minimum Gasteiger partial charge on any atom is -0.323 e. The minimum absolute atomic E-state index is 0. The van der Waals surface area contributed by atoms with Crippen molar-refractivity contribution in [1.82, 2.24) is 4.90 Å². The molecule has 2 N–H and O–H groups in total. The number of halogens is 3. The van der Waals surface area contributed by atoms with E-state index in [1.165, 1.54) is 0 Å². The largest absolute Gasteiger partial charge is 0.323 e. The summed E-state index contributed by atoms with van der Waals surface area (Å²) in [5, 5.41) is 0. The molecule has 1 unspecified atom stereocenters. The van der Waals surface area contributed by atoms with Gasteiger partial charge in [0.1, 0.15) is 0 Å². The third kappa shape index (κ3) is 2.54. The summed E-state index contributed by atoms with van der Waals surface area (Å²) < 4.78 is 25.4. The van der Waals surface area contributed by atoms with Crippen LogP contribution in [0.5, 0.6) is 0 Å². The Kier molecular flexibility index (Phi) is 3.67. The first-order valence-corrected chi connectivity index (χ1v) is 3.34. The SMILES string of the molecule is CN1CCC(N)C(F)(F)C1.Cl. The summed E-state index contributed by atoms with van der Waals surface area (Å²) in [6, 6.07) is -0.941. The lowest BCUT2D eigenvalue weighted by Gasteiger charge is -2.34. The molecule has 1 aliphatic rings. The number of hydrogen-bond acceptors (Lipinski definition) is 2. The third-order valence-corrected chi connectivity index (χ3v) is 1.85. The molecule has 0 amide bonds. The Labute approximate surface area is 71.1 Å². The third-order valence-electron chi connectivity index (χ3n) is 1.85. The molecule has 1 rings (SSSR count). The second kappa shape index (κ2) is 3.65. The predicted molar refractivity (Wildman–Crippen MR) is 42.3 cm³/mol. The van der Waals surface area contributed by atoms with E-state index in [4.69, 9.17) is 5.73 Å². The zero-order valence-corrected chi connectivity index (χ0v) is 7.20. The second-order valence-corrected chi connectivity index (χ2v) is 2.89. The molecular weight excluding hydrogens is 174 g/mol. The lowest BCUT2D eigenvalue weighted by atomic mass is 10.0.